The van der Waals surface area contributed by atoms with Crippen LogP contribution >= 0.6 is 11.3 Å². The molecule has 0 bridgehead atoms. The van der Waals surface area contributed by atoms with Gasteiger partial charge in [0.2, 0.25) is 0 Å². The number of nitriles is 1. The first-order chi connectivity index (χ1) is 7.36. The number of thiophene rings is 1. The Bertz CT molecular complexity index is 437. The normalized spacial score (nSPS) is 10.9. The van der Waals surface area contributed by atoms with Crippen molar-refractivity contribution in [3.8, 4) is 11.8 Å². The molecule has 5 heteroatoms. The Labute approximate surface area is 98.1 Å². The molecular weight excluding hydrogens is 226 g/mol. The lowest BCUT2D eigenvalue weighted by Gasteiger charge is -2.14. The second-order valence-corrected chi connectivity index (χ2v) is 5.36. The van der Waals surface area contributed by atoms with E-state index < -0.39 is 5.97 Å². The van der Waals surface area contributed by atoms with Crippen molar-refractivity contribution in [2.75, 3.05) is 6.61 Å². The molecule has 0 atom stereocenters. The molecule has 1 rings (SSSR count). The van der Waals surface area contributed by atoms with Gasteiger partial charge in [-0.25, -0.2) is 4.79 Å². The van der Waals surface area contributed by atoms with Crippen molar-refractivity contribution >= 4 is 17.3 Å². The summed E-state index contributed by atoms with van der Waals surface area (Å²) in [6, 6.07) is 3.52. The number of carbonyl (C=O) groups is 1. The molecule has 1 N–H and O–H groups in total. The van der Waals surface area contributed by atoms with Crippen LogP contribution in [-0.4, -0.2) is 17.7 Å². The van der Waals surface area contributed by atoms with Gasteiger partial charge >= 0.3 is 5.97 Å². The molecule has 0 aromatic carbocycles. The van der Waals surface area contributed by atoms with Crippen molar-refractivity contribution in [3.05, 3.63) is 15.8 Å². The second kappa shape index (κ2) is 4.54. The monoisotopic (exact) mass is 239 g/mol. The molecule has 0 saturated heterocycles. The minimum Gasteiger partial charge on any atom is -0.477 e. The lowest BCUT2D eigenvalue weighted by molar-refractivity contribution is 0.0698. The standard InChI is InChI=1S/C11H13NO3S/c1-11(2,3)8-6-7(15-5-4-12)9(16-8)10(13)14/h6H,5H2,1-3H3,(H,13,14). The van der Waals surface area contributed by atoms with Crippen molar-refractivity contribution in [2.45, 2.75) is 26.2 Å². The van der Waals surface area contributed by atoms with Gasteiger partial charge in [0.15, 0.2) is 11.5 Å². The molecule has 0 aliphatic rings. The first-order valence-electron chi connectivity index (χ1n) is 4.73. The van der Waals surface area contributed by atoms with E-state index in [0.717, 1.165) is 4.88 Å². The maximum atomic E-state index is 11.0. The van der Waals surface area contributed by atoms with Crippen LogP contribution in [0.15, 0.2) is 6.07 Å². The third-order valence-electron chi connectivity index (χ3n) is 1.92. The van der Waals surface area contributed by atoms with Crippen LogP contribution < -0.4 is 4.74 Å². The number of nitrogens with zero attached hydrogens (tertiary/aromatic N) is 1. The number of carboxylic acid groups (broad SMARTS) is 1. The van der Waals surface area contributed by atoms with Crippen LogP contribution in [-0.2, 0) is 5.41 Å². The summed E-state index contributed by atoms with van der Waals surface area (Å²) in [6.45, 7) is 5.86. The molecule has 0 saturated carbocycles. The summed E-state index contributed by atoms with van der Waals surface area (Å²) in [4.78, 5) is 12.1. The zero-order valence-electron chi connectivity index (χ0n) is 9.40. The van der Waals surface area contributed by atoms with Crippen LogP contribution in [0.3, 0.4) is 0 Å². The maximum Gasteiger partial charge on any atom is 0.349 e. The van der Waals surface area contributed by atoms with Crippen LogP contribution in [0.1, 0.15) is 35.3 Å². The van der Waals surface area contributed by atoms with Gasteiger partial charge in [-0.1, -0.05) is 20.8 Å². The predicted molar refractivity (Wildman–Crippen MR) is 61.1 cm³/mol. The Morgan fingerprint density at radius 2 is 2.25 bits per heavy atom. The number of rotatable bonds is 3. The topological polar surface area (TPSA) is 70.3 Å². The van der Waals surface area contributed by atoms with E-state index in [2.05, 4.69) is 0 Å². The molecule has 0 unspecified atom stereocenters. The Morgan fingerprint density at radius 1 is 1.62 bits per heavy atom. The predicted octanol–water partition coefficient (Wildman–Crippen LogP) is 2.65. The molecule has 0 spiro atoms. The highest BCUT2D eigenvalue weighted by Crippen LogP contribution is 2.36. The zero-order valence-corrected chi connectivity index (χ0v) is 10.2. The van der Waals surface area contributed by atoms with Crippen molar-refractivity contribution in [1.82, 2.24) is 0 Å². The fourth-order valence-electron chi connectivity index (χ4n) is 1.11. The summed E-state index contributed by atoms with van der Waals surface area (Å²) in [5, 5.41) is 17.4. The van der Waals surface area contributed by atoms with Gasteiger partial charge in [-0.15, -0.1) is 11.3 Å². The largest absolute Gasteiger partial charge is 0.477 e. The van der Waals surface area contributed by atoms with E-state index in [1.54, 1.807) is 6.07 Å². The summed E-state index contributed by atoms with van der Waals surface area (Å²) in [5.41, 5.74) is -0.122. The number of hydrogen-bond donors (Lipinski definition) is 1. The van der Waals surface area contributed by atoms with Gasteiger partial charge in [0.05, 0.1) is 0 Å². The lowest BCUT2D eigenvalue weighted by Crippen LogP contribution is -2.08. The number of aromatic carboxylic acids is 1. The number of carboxylic acids is 1. The quantitative estimate of drug-likeness (QED) is 0.880. The minimum atomic E-state index is -1.02. The SMILES string of the molecule is CC(C)(C)c1cc(OCC#N)c(C(=O)O)s1. The first kappa shape index (κ1) is 12.5. The third-order valence-corrected chi connectivity index (χ3v) is 3.45. The number of ether oxygens (including phenoxy) is 1. The Kier molecular flexibility index (Phi) is 3.55. The highest BCUT2D eigenvalue weighted by Gasteiger charge is 2.23. The van der Waals surface area contributed by atoms with Gasteiger partial charge in [0.25, 0.3) is 0 Å². The molecular formula is C11H13NO3S. The summed E-state index contributed by atoms with van der Waals surface area (Å²) in [5.74, 6) is -0.739. The third kappa shape index (κ3) is 2.74. The van der Waals surface area contributed by atoms with E-state index in [0.29, 0.717) is 0 Å². The average Bonchev–Trinajstić information content (AvgIpc) is 2.57. The Morgan fingerprint density at radius 3 is 2.69 bits per heavy atom. The highest BCUT2D eigenvalue weighted by atomic mass is 32.1. The van der Waals surface area contributed by atoms with Crippen molar-refractivity contribution in [2.24, 2.45) is 0 Å². The molecule has 1 heterocycles. The van der Waals surface area contributed by atoms with E-state index in [1.807, 2.05) is 26.8 Å². The fourth-order valence-corrected chi connectivity index (χ4v) is 2.11. The summed E-state index contributed by atoms with van der Waals surface area (Å²) >= 11 is 1.19. The van der Waals surface area contributed by atoms with E-state index >= 15 is 0 Å². The molecule has 16 heavy (non-hydrogen) atoms. The second-order valence-electron chi connectivity index (χ2n) is 4.31. The van der Waals surface area contributed by atoms with Crippen LogP contribution in [0, 0.1) is 11.3 Å². The lowest BCUT2D eigenvalue weighted by atomic mass is 9.95. The molecule has 86 valence electrons. The first-order valence-corrected chi connectivity index (χ1v) is 5.55. The van der Waals surface area contributed by atoms with Crippen molar-refractivity contribution in [1.29, 1.82) is 5.26 Å². The van der Waals surface area contributed by atoms with E-state index in [1.165, 1.54) is 11.3 Å². The molecule has 0 aliphatic heterocycles. The van der Waals surface area contributed by atoms with Crippen LogP contribution in [0.2, 0.25) is 0 Å². The van der Waals surface area contributed by atoms with Gasteiger partial charge in [0.1, 0.15) is 11.8 Å². The fraction of sp³-hybridized carbons (Fsp3) is 0.455. The molecule has 1 aromatic heterocycles. The van der Waals surface area contributed by atoms with Crippen LogP contribution in [0.25, 0.3) is 0 Å². The summed E-state index contributed by atoms with van der Waals surface area (Å²) in [6.07, 6.45) is 0. The molecule has 1 aromatic rings. The van der Waals surface area contributed by atoms with E-state index in [-0.39, 0.29) is 22.6 Å². The van der Waals surface area contributed by atoms with Crippen molar-refractivity contribution in [3.63, 3.8) is 0 Å². The van der Waals surface area contributed by atoms with E-state index in [9.17, 15) is 4.79 Å². The Hall–Kier alpha value is -1.54. The number of hydrogen-bond acceptors (Lipinski definition) is 4. The smallest absolute Gasteiger partial charge is 0.349 e. The molecule has 0 aliphatic carbocycles. The highest BCUT2D eigenvalue weighted by molar-refractivity contribution is 7.14. The molecule has 0 radical (unpaired) electrons. The van der Waals surface area contributed by atoms with Gasteiger partial charge in [-0.3, -0.25) is 0 Å². The molecule has 0 fully saturated rings. The minimum absolute atomic E-state index is 0.122. The van der Waals surface area contributed by atoms with Gasteiger partial charge < -0.3 is 9.84 Å². The van der Waals surface area contributed by atoms with Gasteiger partial charge in [-0.2, -0.15) is 5.26 Å². The summed E-state index contributed by atoms with van der Waals surface area (Å²) in [7, 11) is 0. The van der Waals surface area contributed by atoms with Gasteiger partial charge in [0, 0.05) is 4.88 Å². The zero-order chi connectivity index (χ0) is 12.3. The van der Waals surface area contributed by atoms with Crippen LogP contribution in [0.5, 0.6) is 5.75 Å². The van der Waals surface area contributed by atoms with E-state index in [4.69, 9.17) is 15.1 Å². The molecule has 4 nitrogen and oxygen atoms in total. The Balaban J connectivity index is 3.11. The summed E-state index contributed by atoms with van der Waals surface area (Å²) < 4.78 is 5.09. The van der Waals surface area contributed by atoms with Crippen molar-refractivity contribution < 1.29 is 14.6 Å². The van der Waals surface area contributed by atoms with Crippen LogP contribution in [0.4, 0.5) is 0 Å². The van der Waals surface area contributed by atoms with Gasteiger partial charge in [-0.05, 0) is 11.5 Å². The average molecular weight is 239 g/mol. The molecule has 0 amide bonds. The maximum absolute atomic E-state index is 11.0.